The minimum absolute atomic E-state index is 0.230. The van der Waals surface area contributed by atoms with Crippen LogP contribution in [0.25, 0.3) is 10.4 Å². The molecule has 3 amide bonds. The number of carbonyl (C=O) groups excluding carboxylic acids is 3. The highest BCUT2D eigenvalue weighted by Gasteiger charge is 2.12. The lowest BCUT2D eigenvalue weighted by atomic mass is 10.1. The number of nitrogens with two attached hydrogens (primary N) is 1. The highest BCUT2D eigenvalue weighted by molar-refractivity contribution is 7.17. The van der Waals surface area contributed by atoms with Crippen LogP contribution in [-0.2, 0) is 11.3 Å². The molecule has 6 nitrogen and oxygen atoms in total. The number of hydrogen-bond acceptors (Lipinski definition) is 4. The van der Waals surface area contributed by atoms with Gasteiger partial charge in [0.2, 0.25) is 5.91 Å². The molecule has 0 aliphatic heterocycles. The summed E-state index contributed by atoms with van der Waals surface area (Å²) in [6, 6.07) is 16.4. The van der Waals surface area contributed by atoms with E-state index in [1.807, 2.05) is 0 Å². The quantitative estimate of drug-likeness (QED) is 0.557. The van der Waals surface area contributed by atoms with Crippen molar-refractivity contribution in [1.29, 1.82) is 0 Å². The third kappa shape index (κ3) is 5.26. The van der Waals surface area contributed by atoms with E-state index in [9.17, 15) is 18.8 Å². The molecule has 0 fully saturated rings. The smallest absolute Gasteiger partial charge is 0.261 e. The Morgan fingerprint density at radius 2 is 1.62 bits per heavy atom. The molecule has 1 heterocycles. The van der Waals surface area contributed by atoms with Crippen LogP contribution in [0.4, 0.5) is 4.39 Å². The van der Waals surface area contributed by atoms with Gasteiger partial charge in [0.1, 0.15) is 5.82 Å². The molecule has 0 saturated carbocycles. The summed E-state index contributed by atoms with van der Waals surface area (Å²) >= 11 is 1.21. The summed E-state index contributed by atoms with van der Waals surface area (Å²) in [6.45, 7) is 0.0429. The van der Waals surface area contributed by atoms with Crippen LogP contribution in [0.15, 0.2) is 60.7 Å². The molecule has 0 aliphatic rings. The first-order valence-corrected chi connectivity index (χ1v) is 9.54. The van der Waals surface area contributed by atoms with Crippen LogP contribution >= 0.6 is 11.3 Å². The molecule has 0 unspecified atom stereocenters. The number of nitrogens with one attached hydrogen (secondary N) is 2. The highest BCUT2D eigenvalue weighted by atomic mass is 32.1. The van der Waals surface area contributed by atoms with Gasteiger partial charge >= 0.3 is 0 Å². The van der Waals surface area contributed by atoms with Gasteiger partial charge in [0.25, 0.3) is 11.8 Å². The summed E-state index contributed by atoms with van der Waals surface area (Å²) in [5.41, 5.74) is 6.63. The number of rotatable bonds is 7. The van der Waals surface area contributed by atoms with Gasteiger partial charge < -0.3 is 16.4 Å². The molecule has 0 aliphatic carbocycles. The molecule has 4 N–H and O–H groups in total. The van der Waals surface area contributed by atoms with Crippen molar-refractivity contribution in [3.05, 3.63) is 82.5 Å². The van der Waals surface area contributed by atoms with Gasteiger partial charge in [0, 0.05) is 22.5 Å². The molecular formula is C21H18FN3O3S. The third-order valence-electron chi connectivity index (χ3n) is 4.06. The van der Waals surface area contributed by atoms with Crippen molar-refractivity contribution >= 4 is 29.1 Å². The zero-order chi connectivity index (χ0) is 20.8. The number of thiophene rings is 1. The van der Waals surface area contributed by atoms with E-state index >= 15 is 0 Å². The second-order valence-corrected chi connectivity index (χ2v) is 7.26. The highest BCUT2D eigenvalue weighted by Crippen LogP contribution is 2.29. The molecule has 148 valence electrons. The predicted molar refractivity (Wildman–Crippen MR) is 109 cm³/mol. The van der Waals surface area contributed by atoms with Crippen molar-refractivity contribution in [2.75, 3.05) is 6.54 Å². The zero-order valence-electron chi connectivity index (χ0n) is 15.3. The lowest BCUT2D eigenvalue weighted by molar-refractivity contribution is -0.117. The van der Waals surface area contributed by atoms with E-state index in [0.29, 0.717) is 20.9 Å². The van der Waals surface area contributed by atoms with Crippen molar-refractivity contribution in [2.45, 2.75) is 6.54 Å². The molecule has 0 spiro atoms. The zero-order valence-corrected chi connectivity index (χ0v) is 16.1. The largest absolute Gasteiger partial charge is 0.368 e. The van der Waals surface area contributed by atoms with E-state index in [4.69, 9.17) is 5.73 Å². The van der Waals surface area contributed by atoms with E-state index in [1.165, 1.54) is 17.4 Å². The fourth-order valence-corrected chi connectivity index (χ4v) is 3.53. The summed E-state index contributed by atoms with van der Waals surface area (Å²) in [4.78, 5) is 36.1. The first-order chi connectivity index (χ1) is 13.9. The van der Waals surface area contributed by atoms with Gasteiger partial charge in [0.15, 0.2) is 0 Å². The summed E-state index contributed by atoms with van der Waals surface area (Å²) < 4.78 is 13.9. The van der Waals surface area contributed by atoms with Crippen LogP contribution < -0.4 is 16.4 Å². The molecular weight excluding hydrogens is 393 g/mol. The average Bonchev–Trinajstić information content (AvgIpc) is 3.21. The summed E-state index contributed by atoms with van der Waals surface area (Å²) in [5.74, 6) is -1.62. The van der Waals surface area contributed by atoms with Crippen LogP contribution in [-0.4, -0.2) is 24.3 Å². The molecule has 0 atom stereocenters. The molecule has 3 aromatic rings. The average molecular weight is 411 g/mol. The van der Waals surface area contributed by atoms with Gasteiger partial charge in [0.05, 0.1) is 11.4 Å². The number of halogens is 1. The van der Waals surface area contributed by atoms with Crippen LogP contribution in [0.3, 0.4) is 0 Å². The predicted octanol–water partition coefficient (Wildman–Crippen LogP) is 2.70. The van der Waals surface area contributed by atoms with Crippen molar-refractivity contribution in [3.8, 4) is 10.4 Å². The molecule has 3 rings (SSSR count). The van der Waals surface area contributed by atoms with Crippen molar-refractivity contribution in [2.24, 2.45) is 5.73 Å². The van der Waals surface area contributed by atoms with Gasteiger partial charge in [-0.25, -0.2) is 4.39 Å². The first-order valence-electron chi connectivity index (χ1n) is 8.72. The molecule has 8 heteroatoms. The van der Waals surface area contributed by atoms with Crippen LogP contribution in [0.5, 0.6) is 0 Å². The Morgan fingerprint density at radius 1 is 0.897 bits per heavy atom. The normalized spacial score (nSPS) is 10.4. The Labute approximate surface area is 170 Å². The van der Waals surface area contributed by atoms with Crippen LogP contribution in [0, 0.1) is 5.82 Å². The van der Waals surface area contributed by atoms with Gasteiger partial charge in [-0.15, -0.1) is 11.3 Å². The number of carbonyl (C=O) groups is 3. The third-order valence-corrected chi connectivity index (χ3v) is 5.18. The van der Waals surface area contributed by atoms with E-state index in [0.717, 1.165) is 5.56 Å². The summed E-state index contributed by atoms with van der Waals surface area (Å²) in [7, 11) is 0. The standard InChI is InChI=1S/C21H18FN3O3S/c22-16-4-2-1-3-15(16)17-9-10-18(29-17)21(28)24-11-13-5-7-14(8-6-13)20(27)25-12-19(23)26/h1-10H,11-12H2,(H2,23,26)(H,24,28)(H,25,27). The van der Waals surface area contributed by atoms with Crippen molar-refractivity contribution in [1.82, 2.24) is 10.6 Å². The Kier molecular flexibility index (Phi) is 6.36. The van der Waals surface area contributed by atoms with Gasteiger partial charge in [-0.05, 0) is 35.9 Å². The van der Waals surface area contributed by atoms with E-state index < -0.39 is 11.8 Å². The maximum absolute atomic E-state index is 13.9. The Hall–Kier alpha value is -3.52. The topological polar surface area (TPSA) is 101 Å². The molecule has 0 radical (unpaired) electrons. The Bertz CT molecular complexity index is 1050. The van der Waals surface area contributed by atoms with Gasteiger partial charge in [-0.3, -0.25) is 14.4 Å². The SMILES string of the molecule is NC(=O)CNC(=O)c1ccc(CNC(=O)c2ccc(-c3ccccc3F)s2)cc1. The fraction of sp³-hybridized carbons (Fsp3) is 0.0952. The Balaban J connectivity index is 1.58. The molecule has 29 heavy (non-hydrogen) atoms. The van der Waals surface area contributed by atoms with Gasteiger partial charge in [-0.2, -0.15) is 0 Å². The van der Waals surface area contributed by atoms with Crippen molar-refractivity contribution < 1.29 is 18.8 Å². The summed E-state index contributed by atoms with van der Waals surface area (Å²) in [6.07, 6.45) is 0. The molecule has 2 aromatic carbocycles. The van der Waals surface area contributed by atoms with E-state index in [-0.39, 0.29) is 24.8 Å². The second-order valence-electron chi connectivity index (χ2n) is 6.17. The monoisotopic (exact) mass is 411 g/mol. The van der Waals surface area contributed by atoms with Crippen LogP contribution in [0.2, 0.25) is 0 Å². The summed E-state index contributed by atoms with van der Waals surface area (Å²) in [5, 5.41) is 5.20. The number of hydrogen-bond donors (Lipinski definition) is 3. The Morgan fingerprint density at radius 3 is 2.31 bits per heavy atom. The number of amides is 3. The molecule has 0 saturated heterocycles. The molecule has 1 aromatic heterocycles. The second kappa shape index (κ2) is 9.11. The van der Waals surface area contributed by atoms with Crippen molar-refractivity contribution in [3.63, 3.8) is 0 Å². The van der Waals surface area contributed by atoms with E-state index in [2.05, 4.69) is 10.6 Å². The van der Waals surface area contributed by atoms with E-state index in [1.54, 1.807) is 54.6 Å². The van der Waals surface area contributed by atoms with Gasteiger partial charge in [-0.1, -0.05) is 30.3 Å². The maximum Gasteiger partial charge on any atom is 0.261 e. The fourth-order valence-electron chi connectivity index (χ4n) is 2.58. The lowest BCUT2D eigenvalue weighted by Gasteiger charge is -2.06. The molecule has 0 bridgehead atoms. The first kappa shape index (κ1) is 20.2. The minimum Gasteiger partial charge on any atom is -0.368 e. The van der Waals surface area contributed by atoms with Crippen LogP contribution in [0.1, 0.15) is 25.6 Å². The lowest BCUT2D eigenvalue weighted by Crippen LogP contribution is -2.33. The minimum atomic E-state index is -0.621. The number of primary amides is 1. The maximum atomic E-state index is 13.9. The number of benzene rings is 2.